The lowest BCUT2D eigenvalue weighted by atomic mass is 10.2. The number of hydrogen-bond donors (Lipinski definition) is 2. The largest absolute Gasteiger partial charge is 0.508 e. The van der Waals surface area contributed by atoms with Crippen LogP contribution in [0.3, 0.4) is 0 Å². The second kappa shape index (κ2) is 9.64. The number of aromatic hydroxyl groups is 1. The molecule has 0 aliphatic heterocycles. The molecule has 0 heterocycles. The topological polar surface area (TPSA) is 35.5 Å². The van der Waals surface area contributed by atoms with Gasteiger partial charge >= 0.3 is 0 Å². The Morgan fingerprint density at radius 3 is 2.19 bits per heavy atom. The maximum atomic E-state index is 9.52. The van der Waals surface area contributed by atoms with Gasteiger partial charge in [-0.1, -0.05) is 60.7 Å². The van der Waals surface area contributed by atoms with Crippen LogP contribution in [0.2, 0.25) is 0 Å². The Morgan fingerprint density at radius 1 is 0.769 bits per heavy atom. The smallest absolute Gasteiger partial charge is 0.115 e. The summed E-state index contributed by atoms with van der Waals surface area (Å²) in [6.07, 6.45) is 1.06. The molecule has 3 heteroatoms. The Hall–Kier alpha value is -2.78. The normalized spacial score (nSPS) is 10.6. The van der Waals surface area contributed by atoms with Gasteiger partial charge in [-0.2, -0.15) is 0 Å². The molecule has 0 saturated heterocycles. The Balaban J connectivity index is 1.51. The molecule has 0 radical (unpaired) electrons. The van der Waals surface area contributed by atoms with E-state index in [4.69, 9.17) is 0 Å². The second-order valence-electron chi connectivity index (χ2n) is 6.44. The molecule has 0 atom stereocenters. The highest BCUT2D eigenvalue weighted by Gasteiger charge is 2.06. The van der Waals surface area contributed by atoms with Crippen LogP contribution in [-0.4, -0.2) is 18.2 Å². The summed E-state index contributed by atoms with van der Waals surface area (Å²) in [5.74, 6) is 0.322. The Morgan fingerprint density at radius 2 is 1.46 bits per heavy atom. The van der Waals surface area contributed by atoms with Gasteiger partial charge in [0.05, 0.1) is 0 Å². The van der Waals surface area contributed by atoms with Crippen molar-refractivity contribution < 1.29 is 5.11 Å². The van der Waals surface area contributed by atoms with Gasteiger partial charge in [0.25, 0.3) is 0 Å². The number of benzene rings is 3. The first kappa shape index (κ1) is 18.0. The van der Waals surface area contributed by atoms with E-state index in [1.807, 2.05) is 12.1 Å². The van der Waals surface area contributed by atoms with E-state index in [2.05, 4.69) is 70.9 Å². The first-order valence-corrected chi connectivity index (χ1v) is 9.14. The highest BCUT2D eigenvalue weighted by atomic mass is 16.3. The van der Waals surface area contributed by atoms with Crippen LogP contribution < -0.4 is 10.2 Å². The van der Waals surface area contributed by atoms with Crippen LogP contribution in [0, 0.1) is 0 Å². The number of nitrogens with zero attached hydrogens (tertiary/aromatic N) is 1. The number of phenolic OH excluding ortho intramolecular Hbond substituents is 1. The highest BCUT2D eigenvalue weighted by Crippen LogP contribution is 2.17. The van der Waals surface area contributed by atoms with Crippen molar-refractivity contribution in [2.75, 3.05) is 18.0 Å². The van der Waals surface area contributed by atoms with Crippen molar-refractivity contribution in [1.29, 1.82) is 0 Å². The second-order valence-corrected chi connectivity index (χ2v) is 6.44. The number of hydrogen-bond acceptors (Lipinski definition) is 3. The molecule has 3 aromatic carbocycles. The first-order chi connectivity index (χ1) is 12.8. The van der Waals surface area contributed by atoms with Gasteiger partial charge in [-0.3, -0.25) is 0 Å². The van der Waals surface area contributed by atoms with Crippen LogP contribution in [0.15, 0.2) is 84.9 Å². The molecule has 3 aromatic rings. The molecule has 134 valence electrons. The SMILES string of the molecule is Oc1cccc(CNCCCN(Cc2ccccc2)c2ccccc2)c1. The Bertz CT molecular complexity index is 774. The quantitative estimate of drug-likeness (QED) is 0.557. The van der Waals surface area contributed by atoms with Gasteiger partial charge in [0.2, 0.25) is 0 Å². The van der Waals surface area contributed by atoms with Gasteiger partial charge in [0, 0.05) is 25.3 Å². The van der Waals surface area contributed by atoms with Crippen LogP contribution in [-0.2, 0) is 13.1 Å². The van der Waals surface area contributed by atoms with Crippen molar-refractivity contribution in [3.63, 3.8) is 0 Å². The zero-order valence-electron chi connectivity index (χ0n) is 15.0. The molecular weight excluding hydrogens is 320 g/mol. The minimum atomic E-state index is 0.322. The summed E-state index contributed by atoms with van der Waals surface area (Å²) >= 11 is 0. The summed E-state index contributed by atoms with van der Waals surface area (Å²) in [5, 5.41) is 13.0. The molecule has 0 aliphatic rings. The van der Waals surface area contributed by atoms with E-state index in [0.717, 1.165) is 38.2 Å². The molecule has 0 fully saturated rings. The van der Waals surface area contributed by atoms with Gasteiger partial charge in [-0.05, 0) is 48.4 Å². The zero-order valence-corrected chi connectivity index (χ0v) is 15.0. The third kappa shape index (κ3) is 5.64. The maximum absolute atomic E-state index is 9.52. The predicted octanol–water partition coefficient (Wildman–Crippen LogP) is 4.58. The van der Waals surface area contributed by atoms with Crippen molar-refractivity contribution in [3.05, 3.63) is 96.1 Å². The van der Waals surface area contributed by atoms with Crippen molar-refractivity contribution in [2.24, 2.45) is 0 Å². The van der Waals surface area contributed by atoms with Crippen molar-refractivity contribution >= 4 is 5.69 Å². The zero-order chi connectivity index (χ0) is 18.0. The molecule has 0 saturated carbocycles. The number of anilines is 1. The maximum Gasteiger partial charge on any atom is 0.115 e. The van der Waals surface area contributed by atoms with Crippen molar-refractivity contribution in [1.82, 2.24) is 5.32 Å². The average molecular weight is 346 g/mol. The van der Waals surface area contributed by atoms with E-state index in [1.165, 1.54) is 11.3 Å². The Kier molecular flexibility index (Phi) is 6.68. The number of para-hydroxylation sites is 1. The van der Waals surface area contributed by atoms with Crippen molar-refractivity contribution in [2.45, 2.75) is 19.5 Å². The van der Waals surface area contributed by atoms with Crippen LogP contribution in [0.4, 0.5) is 5.69 Å². The predicted molar refractivity (Wildman–Crippen MR) is 108 cm³/mol. The lowest BCUT2D eigenvalue weighted by molar-refractivity contribution is 0.474. The van der Waals surface area contributed by atoms with E-state index in [9.17, 15) is 5.11 Å². The fourth-order valence-electron chi connectivity index (χ4n) is 3.04. The van der Waals surface area contributed by atoms with Gasteiger partial charge in [-0.25, -0.2) is 0 Å². The number of nitrogens with one attached hydrogen (secondary N) is 1. The van der Waals surface area contributed by atoms with E-state index in [0.29, 0.717) is 5.75 Å². The van der Waals surface area contributed by atoms with E-state index >= 15 is 0 Å². The van der Waals surface area contributed by atoms with E-state index in [1.54, 1.807) is 12.1 Å². The highest BCUT2D eigenvalue weighted by molar-refractivity contribution is 5.46. The van der Waals surface area contributed by atoms with Crippen LogP contribution >= 0.6 is 0 Å². The van der Waals surface area contributed by atoms with Crippen molar-refractivity contribution in [3.8, 4) is 5.75 Å². The standard InChI is InChI=1S/C23H26N2O/c26-23-14-7-11-21(17-23)18-24-15-8-16-25(22-12-5-2-6-13-22)19-20-9-3-1-4-10-20/h1-7,9-14,17,24,26H,8,15-16,18-19H2. The number of phenols is 1. The summed E-state index contributed by atoms with van der Waals surface area (Å²) in [7, 11) is 0. The molecule has 0 unspecified atom stereocenters. The lowest BCUT2D eigenvalue weighted by Crippen LogP contribution is -2.27. The molecule has 26 heavy (non-hydrogen) atoms. The molecule has 3 rings (SSSR count). The molecule has 0 bridgehead atoms. The number of rotatable bonds is 9. The minimum Gasteiger partial charge on any atom is -0.508 e. The summed E-state index contributed by atoms with van der Waals surface area (Å²) in [4.78, 5) is 2.42. The minimum absolute atomic E-state index is 0.322. The molecule has 3 nitrogen and oxygen atoms in total. The molecular formula is C23H26N2O. The van der Waals surface area contributed by atoms with Crippen LogP contribution in [0.25, 0.3) is 0 Å². The van der Waals surface area contributed by atoms with Crippen LogP contribution in [0.5, 0.6) is 5.75 Å². The molecule has 0 aliphatic carbocycles. The molecule has 2 N–H and O–H groups in total. The first-order valence-electron chi connectivity index (χ1n) is 9.14. The third-order valence-electron chi connectivity index (χ3n) is 4.36. The molecule has 0 spiro atoms. The Labute approximate surface area is 155 Å². The van der Waals surface area contributed by atoms with Gasteiger partial charge in [0.15, 0.2) is 0 Å². The monoisotopic (exact) mass is 346 g/mol. The molecule has 0 aromatic heterocycles. The summed E-state index contributed by atoms with van der Waals surface area (Å²) in [6.45, 7) is 3.62. The molecule has 0 amide bonds. The van der Waals surface area contributed by atoms with Crippen LogP contribution in [0.1, 0.15) is 17.5 Å². The lowest BCUT2D eigenvalue weighted by Gasteiger charge is -2.25. The fourth-order valence-corrected chi connectivity index (χ4v) is 3.04. The van der Waals surface area contributed by atoms with Gasteiger partial charge < -0.3 is 15.3 Å². The fraction of sp³-hybridized carbons (Fsp3) is 0.217. The van der Waals surface area contributed by atoms with E-state index < -0.39 is 0 Å². The third-order valence-corrected chi connectivity index (χ3v) is 4.36. The summed E-state index contributed by atoms with van der Waals surface area (Å²) in [5.41, 5.74) is 3.68. The van der Waals surface area contributed by atoms with Gasteiger partial charge in [-0.15, -0.1) is 0 Å². The summed E-state index contributed by atoms with van der Waals surface area (Å²) < 4.78 is 0. The van der Waals surface area contributed by atoms with Gasteiger partial charge in [0.1, 0.15) is 5.75 Å². The van der Waals surface area contributed by atoms with E-state index in [-0.39, 0.29) is 0 Å². The average Bonchev–Trinajstić information content (AvgIpc) is 2.68. The summed E-state index contributed by atoms with van der Waals surface area (Å²) in [6, 6.07) is 28.6.